The van der Waals surface area contributed by atoms with Crippen LogP contribution in [0.15, 0.2) is 11.3 Å². The van der Waals surface area contributed by atoms with Crippen molar-refractivity contribution in [2.75, 3.05) is 27.4 Å². The number of allylic oxidation sites excluding steroid dienone is 2. The lowest BCUT2D eigenvalue weighted by Crippen LogP contribution is -2.22. The lowest BCUT2D eigenvalue weighted by atomic mass is 9.82. The van der Waals surface area contributed by atoms with Crippen molar-refractivity contribution in [2.24, 2.45) is 5.92 Å². The van der Waals surface area contributed by atoms with Crippen molar-refractivity contribution in [3.05, 3.63) is 50.3 Å². The zero-order valence-electron chi connectivity index (χ0n) is 25.9. The predicted molar refractivity (Wildman–Crippen MR) is 156 cm³/mol. The molecule has 214 valence electrons. The van der Waals surface area contributed by atoms with Gasteiger partial charge in [-0.3, -0.25) is 4.79 Å². The average Bonchev–Trinajstić information content (AvgIpc) is 2.90. The fourth-order valence-corrected chi connectivity index (χ4v) is 5.87. The van der Waals surface area contributed by atoms with E-state index in [4.69, 9.17) is 23.7 Å². The van der Waals surface area contributed by atoms with Gasteiger partial charge in [0.1, 0.15) is 11.5 Å². The van der Waals surface area contributed by atoms with Crippen molar-refractivity contribution in [1.29, 1.82) is 0 Å². The Hall–Kier alpha value is -3.15. The Balaban J connectivity index is 2.03. The summed E-state index contributed by atoms with van der Waals surface area (Å²) in [6.07, 6.45) is 1.24. The van der Waals surface area contributed by atoms with Gasteiger partial charge in [0, 0.05) is 46.1 Å². The quantitative estimate of drug-likeness (QED) is 0.269. The first-order valence-electron chi connectivity index (χ1n) is 14.0. The van der Waals surface area contributed by atoms with Crippen LogP contribution in [0.5, 0.6) is 28.7 Å². The molecule has 0 fully saturated rings. The molecule has 3 rings (SSSR count). The van der Waals surface area contributed by atoms with Crippen LogP contribution in [0.2, 0.25) is 0 Å². The molecule has 0 N–H and O–H groups in total. The number of Topliss-reactive ketones (excluding diaryl/α,β-unsaturated/α-hetero) is 1. The van der Waals surface area contributed by atoms with Gasteiger partial charge in [-0.2, -0.15) is 0 Å². The summed E-state index contributed by atoms with van der Waals surface area (Å²) in [5.74, 6) is 4.57. The van der Waals surface area contributed by atoms with Gasteiger partial charge in [0.2, 0.25) is 0 Å². The van der Waals surface area contributed by atoms with Gasteiger partial charge >= 0.3 is 0 Å². The standard InChI is InChI=1S/C33H46O6/c1-13-15-38-32-23(9)27-19(5)20(6)28(39-29(27)24(10)33(32)37-14-2)17(3)16-25(34)26-18(4)21(7)30(35-11)31(36-12)22(26)8/h17,19H,13-16H2,1-12H3. The summed E-state index contributed by atoms with van der Waals surface area (Å²) in [5, 5.41) is 0. The number of carbonyl (C=O) groups excluding carboxylic acids is 1. The number of methoxy groups -OCH3 is 2. The molecule has 2 atom stereocenters. The molecule has 6 heteroatoms. The van der Waals surface area contributed by atoms with E-state index in [2.05, 4.69) is 34.6 Å². The van der Waals surface area contributed by atoms with Crippen LogP contribution in [0.1, 0.15) is 97.1 Å². The maximum absolute atomic E-state index is 13.8. The molecule has 39 heavy (non-hydrogen) atoms. The molecule has 0 bridgehead atoms. The zero-order valence-corrected chi connectivity index (χ0v) is 25.9. The molecule has 0 radical (unpaired) electrons. The monoisotopic (exact) mass is 538 g/mol. The van der Waals surface area contributed by atoms with E-state index in [0.717, 1.165) is 68.4 Å². The largest absolute Gasteiger partial charge is 0.493 e. The Bertz CT molecular complexity index is 1290. The van der Waals surface area contributed by atoms with Gasteiger partial charge in [0.25, 0.3) is 0 Å². The van der Waals surface area contributed by atoms with Crippen molar-refractivity contribution in [3.63, 3.8) is 0 Å². The second-order valence-electron chi connectivity index (χ2n) is 10.6. The molecule has 1 aliphatic rings. The van der Waals surface area contributed by atoms with Crippen LogP contribution >= 0.6 is 0 Å². The van der Waals surface area contributed by atoms with Crippen molar-refractivity contribution >= 4 is 5.78 Å². The first-order valence-corrected chi connectivity index (χ1v) is 14.0. The third kappa shape index (κ3) is 5.35. The number of hydrogen-bond acceptors (Lipinski definition) is 6. The number of carbonyl (C=O) groups is 1. The van der Waals surface area contributed by atoms with E-state index in [0.29, 0.717) is 36.7 Å². The lowest BCUT2D eigenvalue weighted by molar-refractivity contribution is 0.0960. The molecular weight excluding hydrogens is 492 g/mol. The summed E-state index contributed by atoms with van der Waals surface area (Å²) in [4.78, 5) is 13.8. The van der Waals surface area contributed by atoms with Gasteiger partial charge < -0.3 is 23.7 Å². The van der Waals surface area contributed by atoms with Gasteiger partial charge in [-0.1, -0.05) is 20.8 Å². The van der Waals surface area contributed by atoms with Gasteiger partial charge in [-0.05, 0) is 71.6 Å². The van der Waals surface area contributed by atoms with Crippen LogP contribution in [0.4, 0.5) is 0 Å². The summed E-state index contributed by atoms with van der Waals surface area (Å²) in [6.45, 7) is 21.6. The third-order valence-corrected chi connectivity index (χ3v) is 8.13. The SMILES string of the molecule is CCCOc1c(C)c2c(c(C)c1OCC)OC(C(C)CC(=O)c1c(C)c(C)c(OC)c(OC)c1C)=C(C)C2C. The van der Waals surface area contributed by atoms with Gasteiger partial charge in [-0.15, -0.1) is 0 Å². The Morgan fingerprint density at radius 3 is 1.97 bits per heavy atom. The van der Waals surface area contributed by atoms with Crippen LogP contribution in [0.3, 0.4) is 0 Å². The molecule has 0 spiro atoms. The highest BCUT2D eigenvalue weighted by Gasteiger charge is 2.34. The smallest absolute Gasteiger partial charge is 0.168 e. The van der Waals surface area contributed by atoms with E-state index < -0.39 is 0 Å². The van der Waals surface area contributed by atoms with Gasteiger partial charge in [0.05, 0.1) is 27.4 Å². The van der Waals surface area contributed by atoms with Crippen LogP contribution in [0, 0.1) is 40.5 Å². The van der Waals surface area contributed by atoms with Crippen molar-refractivity contribution in [1.82, 2.24) is 0 Å². The van der Waals surface area contributed by atoms with E-state index >= 15 is 0 Å². The van der Waals surface area contributed by atoms with Crippen molar-refractivity contribution in [2.45, 2.75) is 88.0 Å². The van der Waals surface area contributed by atoms with E-state index in [9.17, 15) is 4.79 Å². The average molecular weight is 539 g/mol. The second kappa shape index (κ2) is 12.4. The lowest BCUT2D eigenvalue weighted by Gasteiger charge is -2.34. The summed E-state index contributed by atoms with van der Waals surface area (Å²) >= 11 is 0. The van der Waals surface area contributed by atoms with Gasteiger partial charge in [-0.25, -0.2) is 0 Å². The maximum Gasteiger partial charge on any atom is 0.168 e. The Labute approximate surface area is 234 Å². The molecular formula is C33H46O6. The Kier molecular flexibility index (Phi) is 9.63. The first-order chi connectivity index (χ1) is 18.5. The van der Waals surface area contributed by atoms with E-state index in [1.54, 1.807) is 14.2 Å². The first kappa shape index (κ1) is 30.4. The number of benzene rings is 2. The number of ketones is 1. The fraction of sp³-hybridized carbons (Fsp3) is 0.545. The molecule has 2 aromatic rings. The summed E-state index contributed by atoms with van der Waals surface area (Å²) in [6, 6.07) is 0. The Morgan fingerprint density at radius 2 is 1.41 bits per heavy atom. The molecule has 0 aromatic heterocycles. The molecule has 6 nitrogen and oxygen atoms in total. The molecule has 0 saturated carbocycles. The topological polar surface area (TPSA) is 63.2 Å². The summed E-state index contributed by atoms with van der Waals surface area (Å²) < 4.78 is 30.2. The minimum Gasteiger partial charge on any atom is -0.493 e. The normalized spacial score (nSPS) is 15.4. The number of ether oxygens (including phenoxy) is 5. The van der Waals surface area contributed by atoms with E-state index in [1.165, 1.54) is 0 Å². The Morgan fingerprint density at radius 1 is 0.821 bits per heavy atom. The number of hydrogen-bond donors (Lipinski definition) is 0. The summed E-state index contributed by atoms with van der Waals surface area (Å²) in [7, 11) is 3.24. The highest BCUT2D eigenvalue weighted by Crippen LogP contribution is 2.52. The third-order valence-electron chi connectivity index (χ3n) is 8.13. The minimum atomic E-state index is -0.119. The van der Waals surface area contributed by atoms with Gasteiger partial charge in [0.15, 0.2) is 28.8 Å². The minimum absolute atomic E-state index is 0.0649. The molecule has 0 amide bonds. The summed E-state index contributed by atoms with van der Waals surface area (Å²) in [5.41, 5.74) is 7.58. The highest BCUT2D eigenvalue weighted by atomic mass is 16.5. The predicted octanol–water partition coefficient (Wildman–Crippen LogP) is 8.11. The molecule has 0 saturated heterocycles. The van der Waals surface area contributed by atoms with Crippen molar-refractivity contribution < 1.29 is 28.5 Å². The molecule has 2 unspecified atom stereocenters. The number of fused-ring (bicyclic) bond motifs is 1. The van der Waals surface area contributed by atoms with Crippen LogP contribution in [-0.4, -0.2) is 33.2 Å². The van der Waals surface area contributed by atoms with Crippen LogP contribution in [0.25, 0.3) is 0 Å². The van der Waals surface area contributed by atoms with E-state index in [-0.39, 0.29) is 17.6 Å². The fourth-order valence-electron chi connectivity index (χ4n) is 5.87. The zero-order chi connectivity index (χ0) is 29.2. The molecule has 0 aliphatic carbocycles. The van der Waals surface area contributed by atoms with E-state index in [1.807, 2.05) is 34.6 Å². The highest BCUT2D eigenvalue weighted by molar-refractivity contribution is 6.00. The molecule has 1 heterocycles. The van der Waals surface area contributed by atoms with Crippen LogP contribution < -0.4 is 23.7 Å². The van der Waals surface area contributed by atoms with Crippen LogP contribution in [-0.2, 0) is 0 Å². The molecule has 1 aliphatic heterocycles. The van der Waals surface area contributed by atoms with Crippen molar-refractivity contribution in [3.8, 4) is 28.7 Å². The maximum atomic E-state index is 13.8. The molecule has 2 aromatic carbocycles. The number of rotatable bonds is 11. The second-order valence-corrected chi connectivity index (χ2v) is 10.6.